The molecule has 1 N–H and O–H groups in total. The normalized spacial score (nSPS) is 7.50. The number of halogens is 2. The maximum Gasteiger partial charge on any atom is 0.167 e. The molecule has 0 fully saturated rings. The Labute approximate surface area is 50.9 Å². The largest absolute Gasteiger partial charge is 0.351 e. The number of hydrogen-bond acceptors (Lipinski definition) is 1. The van der Waals surface area contributed by atoms with Gasteiger partial charge < -0.3 is 4.98 Å². The molecule has 0 spiro atoms. The molecule has 0 radical (unpaired) electrons. The topological polar surface area (TPSA) is 28.7 Å². The molecule has 0 aliphatic carbocycles. The molecule has 0 aliphatic heterocycles. The van der Waals surface area contributed by atoms with Gasteiger partial charge in [0.05, 0.1) is 6.33 Å². The van der Waals surface area contributed by atoms with E-state index in [-0.39, 0.29) is 10.3 Å². The number of aromatic nitrogens is 2. The van der Waals surface area contributed by atoms with E-state index in [1.165, 1.54) is 6.33 Å². The zero-order valence-corrected chi connectivity index (χ0v) is 3.38. The fourth-order valence-electron chi connectivity index (χ4n) is 0.192. The number of nitrogens with zero attached hydrogens (tertiary/aromatic N) is 1. The van der Waals surface area contributed by atoms with Crippen LogP contribution in [0.5, 0.6) is 0 Å². The van der Waals surface area contributed by atoms with E-state index in [0.717, 1.165) is 4.98 Å². The van der Waals surface area contributed by atoms with Gasteiger partial charge in [0.15, 0.2) is 1.41 Å². The van der Waals surface area contributed by atoms with Crippen molar-refractivity contribution in [1.82, 2.24) is 9.96 Å². The average molecular weight is 130 g/mol. The van der Waals surface area contributed by atoms with Crippen molar-refractivity contribution in [2.75, 3.05) is 0 Å². The van der Waals surface area contributed by atoms with Crippen LogP contribution in [0.4, 0.5) is 9.15 Å². The van der Waals surface area contributed by atoms with Gasteiger partial charge in [-0.25, -0.2) is 4.98 Å². The summed E-state index contributed by atoms with van der Waals surface area (Å²) in [4.78, 5) is 4.74. The van der Waals surface area contributed by atoms with Gasteiger partial charge in [-0.05, 0) is 0 Å². The lowest BCUT2D eigenvalue weighted by atomic mass is 11.0. The summed E-state index contributed by atoms with van der Waals surface area (Å²) < 4.78 is 22.7. The number of rotatable bonds is 0. The second-order valence-corrected chi connectivity index (χ2v) is 0.712. The first-order chi connectivity index (χ1) is 3.89. The summed E-state index contributed by atoms with van der Waals surface area (Å²) in [7, 11) is 0. The Morgan fingerprint density at radius 2 is 2.50 bits per heavy atom. The van der Waals surface area contributed by atoms with E-state index in [1.54, 1.807) is 12.4 Å². The molecular weight excluding hydrogens is 114 g/mol. The number of H-pyrrole nitrogens is 1. The highest BCUT2D eigenvalue weighted by Gasteiger charge is 1.56. The second kappa shape index (κ2) is 9.42. The first-order valence-electron chi connectivity index (χ1n) is 1.96. The summed E-state index contributed by atoms with van der Waals surface area (Å²) in [5.74, 6) is 0. The summed E-state index contributed by atoms with van der Waals surface area (Å²) in [6.45, 7) is 0. The van der Waals surface area contributed by atoms with Gasteiger partial charge in [-0.3, -0.25) is 0 Å². The van der Waals surface area contributed by atoms with Crippen molar-refractivity contribution >= 4 is 0 Å². The Balaban J connectivity index is -0.0000000459. The molecule has 0 aliphatic rings. The third-order valence-electron chi connectivity index (χ3n) is 0.372. The van der Waals surface area contributed by atoms with Gasteiger partial charge in [0.25, 0.3) is 0 Å². The minimum absolute atomic E-state index is 0. The fourth-order valence-corrected chi connectivity index (χ4v) is 0.192. The van der Waals surface area contributed by atoms with Crippen molar-refractivity contribution in [3.05, 3.63) is 18.7 Å². The Hall–Kier alpha value is -0.930. The van der Waals surface area contributed by atoms with Gasteiger partial charge in [-0.1, -0.05) is 7.43 Å². The van der Waals surface area contributed by atoms with E-state index in [2.05, 4.69) is 4.98 Å². The third-order valence-corrected chi connectivity index (χ3v) is 0.372. The van der Waals surface area contributed by atoms with Crippen molar-refractivity contribution in [2.24, 2.45) is 0 Å². The number of nitrogens with one attached hydrogen (secondary N) is 1. The zero-order valence-electron chi connectivity index (χ0n) is 4.38. The first kappa shape index (κ1) is 7.07. The van der Waals surface area contributed by atoms with Crippen LogP contribution in [0.3, 0.4) is 0 Å². The van der Waals surface area contributed by atoms with Crippen molar-refractivity contribution in [2.45, 2.75) is 7.43 Å². The number of hydrogen-bond donors (Lipinski definition) is 1. The van der Waals surface area contributed by atoms with Crippen LogP contribution in [0, 0.1) is 0 Å². The molecule has 1 aromatic rings. The van der Waals surface area contributed by atoms with Crippen LogP contribution < -0.4 is 0 Å². The predicted molar refractivity (Wildman–Crippen MR) is 31.8 cm³/mol. The molecule has 1 aromatic heterocycles. The summed E-state index contributed by atoms with van der Waals surface area (Å²) >= 11 is 0. The summed E-state index contributed by atoms with van der Waals surface area (Å²) in [6, 6.07) is 0. The molecule has 52 valence electrons. The van der Waals surface area contributed by atoms with Gasteiger partial charge in [-0.15, -0.1) is 0 Å². The van der Waals surface area contributed by atoms with E-state index in [1.807, 2.05) is 0 Å². The molecule has 0 saturated carbocycles. The van der Waals surface area contributed by atoms with E-state index < -0.39 is 0 Å². The van der Waals surface area contributed by atoms with E-state index in [9.17, 15) is 0 Å². The summed E-state index contributed by atoms with van der Waals surface area (Å²) in [6.07, 6.45) is 4.53. The van der Waals surface area contributed by atoms with Crippen LogP contribution in [0.15, 0.2) is 18.7 Å². The van der Waals surface area contributed by atoms with Gasteiger partial charge in [0.1, 0.15) is 0 Å². The molecule has 1 heterocycles. The molecule has 0 saturated heterocycles. The van der Waals surface area contributed by atoms with Crippen LogP contribution in [0.1, 0.15) is 10.3 Å². The van der Waals surface area contributed by atoms with Gasteiger partial charge in [0.2, 0.25) is 0 Å². The standard InChI is InChI=1S/C3H4N2.CH4.F2.2H2/c1-2-5-3-4-1;;1-2;;/h1-3H,(H,4,5);1H4;;2*1H/i;;;1+2;/hT. The molecule has 0 bridgehead atoms. The monoisotopic (exact) mass is 130 g/mol. The minimum atomic E-state index is 0. The van der Waals surface area contributed by atoms with Gasteiger partial charge in [-0.2, -0.15) is 0 Å². The Morgan fingerprint density at radius 1 is 1.88 bits per heavy atom. The van der Waals surface area contributed by atoms with Gasteiger partial charge in [0, 0.05) is 24.4 Å². The molecule has 0 amide bonds. The quantitative estimate of drug-likeness (QED) is 0.573. The molecule has 0 aromatic carbocycles. The second-order valence-electron chi connectivity index (χ2n) is 0.712. The molecule has 1 rings (SSSR count). The summed E-state index contributed by atoms with van der Waals surface area (Å²) in [5.41, 5.74) is 0. The zero-order chi connectivity index (χ0) is 6.41. The van der Waals surface area contributed by atoms with E-state index in [4.69, 9.17) is 10.6 Å². The van der Waals surface area contributed by atoms with Crippen molar-refractivity contribution in [1.29, 1.82) is 0 Å². The van der Waals surface area contributed by atoms with Crippen molar-refractivity contribution < 1.29 is 13.4 Å². The number of imidazole rings is 1. The van der Waals surface area contributed by atoms with Crippen LogP contribution in [-0.2, 0) is 0 Å². The molecular formula is C4H12F2N2. The predicted octanol–water partition coefficient (Wildman–Crippen LogP) is 2.38. The fraction of sp³-hybridized carbons (Fsp3) is 0.250. The van der Waals surface area contributed by atoms with Gasteiger partial charge >= 0.3 is 0 Å². The summed E-state index contributed by atoms with van der Waals surface area (Å²) in [5, 5.41) is 0. The Bertz CT molecular complexity index is 125. The third kappa shape index (κ3) is 5.07. The highest BCUT2D eigenvalue weighted by atomic mass is 20.0. The molecule has 0 atom stereocenters. The maximum atomic E-state index is 8.00. The van der Waals surface area contributed by atoms with Crippen LogP contribution in [0.25, 0.3) is 0 Å². The first-order valence-corrected chi connectivity index (χ1v) is 1.51. The van der Waals surface area contributed by atoms with E-state index >= 15 is 0 Å². The molecule has 8 heavy (non-hydrogen) atoms. The Kier molecular flexibility index (Phi) is 8.32. The van der Waals surface area contributed by atoms with E-state index in [0.29, 0.717) is 0 Å². The maximum absolute atomic E-state index is 8.00. The average Bonchev–Trinajstić information content (AvgIpc) is 2.24. The van der Waals surface area contributed by atoms with Crippen LogP contribution in [-0.4, -0.2) is 9.96 Å². The highest BCUT2D eigenvalue weighted by molar-refractivity contribution is 4.64. The molecule has 2 nitrogen and oxygen atoms in total. The highest BCUT2D eigenvalue weighted by Crippen LogP contribution is 1.62. The number of aromatic amines is 1. The lowest BCUT2D eigenvalue weighted by molar-refractivity contribution is 0.108. The lowest BCUT2D eigenvalue weighted by Crippen LogP contribution is -1.44. The van der Waals surface area contributed by atoms with Crippen molar-refractivity contribution in [3.63, 3.8) is 0 Å². The lowest BCUT2D eigenvalue weighted by Gasteiger charge is -1.46. The van der Waals surface area contributed by atoms with Crippen LogP contribution in [0.2, 0.25) is 1.41 Å². The van der Waals surface area contributed by atoms with Crippen LogP contribution >= 0.6 is 0 Å². The SMILES string of the molecule is C.FF.[3HH].[3H]n1ccnc1.[HH]. The molecule has 0 unspecified atom stereocenters. The van der Waals surface area contributed by atoms with Crippen molar-refractivity contribution in [3.8, 4) is 0 Å². The smallest absolute Gasteiger partial charge is 0.167 e. The minimum Gasteiger partial charge on any atom is -0.351 e. The Morgan fingerprint density at radius 3 is 2.62 bits per heavy atom. The molecule has 4 heteroatoms.